The molecule has 0 saturated carbocycles. The van der Waals surface area contributed by atoms with Gasteiger partial charge in [-0.25, -0.2) is 0 Å². The molecule has 1 atom stereocenters. The van der Waals surface area contributed by atoms with Gasteiger partial charge in [-0.15, -0.1) is 11.3 Å². The number of carbonyl (C=O) groups is 1. The van der Waals surface area contributed by atoms with Crippen molar-refractivity contribution >= 4 is 27.3 Å². The Bertz CT molecular complexity index is 488. The molecule has 1 heterocycles. The summed E-state index contributed by atoms with van der Waals surface area (Å²) in [6.45, 7) is 2.54. The number of benzene rings is 1. The molecule has 1 aromatic carbocycles. The van der Waals surface area contributed by atoms with E-state index in [-0.39, 0.29) is 11.9 Å². The van der Waals surface area contributed by atoms with Crippen LogP contribution in [0.2, 0.25) is 0 Å². The molecule has 0 spiro atoms. The second-order valence-electron chi connectivity index (χ2n) is 4.03. The third-order valence-electron chi connectivity index (χ3n) is 2.70. The average Bonchev–Trinajstić information content (AvgIpc) is 2.79. The minimum absolute atomic E-state index is 0.0323. The largest absolute Gasteiger partial charge is 0.350 e. The fourth-order valence-corrected chi connectivity index (χ4v) is 2.53. The van der Waals surface area contributed by atoms with Gasteiger partial charge in [-0.3, -0.25) is 4.79 Å². The van der Waals surface area contributed by atoms with E-state index in [1.54, 1.807) is 0 Å². The zero-order chi connectivity index (χ0) is 12.3. The molecular weight excluding hydrogens is 232 g/mol. The first-order chi connectivity index (χ1) is 8.20. The van der Waals surface area contributed by atoms with Gasteiger partial charge in [0.05, 0.1) is 4.88 Å². The van der Waals surface area contributed by atoms with E-state index in [1.165, 1.54) is 11.3 Å². The van der Waals surface area contributed by atoms with Crippen molar-refractivity contribution < 1.29 is 4.79 Å². The molecule has 0 aliphatic heterocycles. The number of carbonyl (C=O) groups excluding carboxylic acids is 1. The van der Waals surface area contributed by atoms with Crippen LogP contribution in [-0.4, -0.2) is 18.5 Å². The van der Waals surface area contributed by atoms with Crippen LogP contribution in [0.25, 0.3) is 10.1 Å². The molecule has 1 unspecified atom stereocenters. The van der Waals surface area contributed by atoms with Gasteiger partial charge in [0.1, 0.15) is 0 Å². The van der Waals surface area contributed by atoms with Gasteiger partial charge in [0.25, 0.3) is 5.91 Å². The summed E-state index contributed by atoms with van der Waals surface area (Å²) in [5.74, 6) is -0.0323. The van der Waals surface area contributed by atoms with Gasteiger partial charge in [-0.05, 0) is 23.9 Å². The molecule has 3 nitrogen and oxygen atoms in total. The standard InChI is InChI=1S/C13H16N2OS/c1-2-10(14)8-15-13(16)12-7-9-5-3-4-6-11(9)17-12/h3-7,10H,2,8,14H2,1H3,(H,15,16). The topological polar surface area (TPSA) is 55.1 Å². The van der Waals surface area contributed by atoms with Crippen molar-refractivity contribution in [3.05, 3.63) is 35.2 Å². The van der Waals surface area contributed by atoms with Crippen molar-refractivity contribution in [1.82, 2.24) is 5.32 Å². The Kier molecular flexibility index (Phi) is 3.76. The molecular formula is C13H16N2OS. The normalized spacial score (nSPS) is 12.6. The van der Waals surface area contributed by atoms with E-state index in [9.17, 15) is 4.79 Å². The monoisotopic (exact) mass is 248 g/mol. The molecule has 17 heavy (non-hydrogen) atoms. The fourth-order valence-electron chi connectivity index (χ4n) is 1.55. The van der Waals surface area contributed by atoms with Crippen LogP contribution in [0.3, 0.4) is 0 Å². The first kappa shape index (κ1) is 12.1. The summed E-state index contributed by atoms with van der Waals surface area (Å²) in [6, 6.07) is 9.95. The second-order valence-corrected chi connectivity index (χ2v) is 5.11. The maximum absolute atomic E-state index is 11.9. The lowest BCUT2D eigenvalue weighted by molar-refractivity contribution is 0.0955. The molecule has 2 rings (SSSR count). The second kappa shape index (κ2) is 5.29. The van der Waals surface area contributed by atoms with Crippen LogP contribution >= 0.6 is 11.3 Å². The molecule has 0 saturated heterocycles. The highest BCUT2D eigenvalue weighted by Crippen LogP contribution is 2.24. The SMILES string of the molecule is CCC(N)CNC(=O)c1cc2ccccc2s1. The lowest BCUT2D eigenvalue weighted by atomic mass is 10.2. The van der Waals surface area contributed by atoms with Gasteiger partial charge in [-0.1, -0.05) is 25.1 Å². The van der Waals surface area contributed by atoms with E-state index < -0.39 is 0 Å². The quantitative estimate of drug-likeness (QED) is 0.872. The molecule has 90 valence electrons. The van der Waals surface area contributed by atoms with E-state index in [0.717, 1.165) is 21.4 Å². The van der Waals surface area contributed by atoms with E-state index >= 15 is 0 Å². The number of hydrogen-bond acceptors (Lipinski definition) is 3. The molecule has 1 amide bonds. The smallest absolute Gasteiger partial charge is 0.261 e. The molecule has 3 N–H and O–H groups in total. The first-order valence-electron chi connectivity index (χ1n) is 5.73. The third-order valence-corrected chi connectivity index (χ3v) is 3.81. The predicted molar refractivity (Wildman–Crippen MR) is 72.4 cm³/mol. The van der Waals surface area contributed by atoms with Crippen LogP contribution in [-0.2, 0) is 0 Å². The minimum atomic E-state index is -0.0323. The molecule has 1 aromatic heterocycles. The van der Waals surface area contributed by atoms with Gasteiger partial charge >= 0.3 is 0 Å². The van der Waals surface area contributed by atoms with Crippen LogP contribution in [0.15, 0.2) is 30.3 Å². The van der Waals surface area contributed by atoms with E-state index in [2.05, 4.69) is 5.32 Å². The van der Waals surface area contributed by atoms with E-state index in [1.807, 2.05) is 37.3 Å². The molecule has 0 fully saturated rings. The van der Waals surface area contributed by atoms with Crippen LogP contribution < -0.4 is 11.1 Å². The summed E-state index contributed by atoms with van der Waals surface area (Å²) in [7, 11) is 0. The minimum Gasteiger partial charge on any atom is -0.350 e. The highest BCUT2D eigenvalue weighted by molar-refractivity contribution is 7.20. The molecule has 0 aliphatic carbocycles. The van der Waals surface area contributed by atoms with Crippen LogP contribution in [0.4, 0.5) is 0 Å². The molecule has 0 aliphatic rings. The van der Waals surface area contributed by atoms with Gasteiger partial charge in [-0.2, -0.15) is 0 Å². The molecule has 2 aromatic rings. The van der Waals surface area contributed by atoms with Crippen molar-refractivity contribution in [2.75, 3.05) is 6.54 Å². The van der Waals surface area contributed by atoms with Crippen LogP contribution in [0, 0.1) is 0 Å². The van der Waals surface area contributed by atoms with Crippen molar-refractivity contribution in [3.63, 3.8) is 0 Å². The number of nitrogens with two attached hydrogens (primary N) is 1. The van der Waals surface area contributed by atoms with Crippen molar-refractivity contribution in [2.45, 2.75) is 19.4 Å². The highest BCUT2D eigenvalue weighted by atomic mass is 32.1. The summed E-state index contributed by atoms with van der Waals surface area (Å²) in [6.07, 6.45) is 0.868. The van der Waals surface area contributed by atoms with Crippen LogP contribution in [0.5, 0.6) is 0 Å². The van der Waals surface area contributed by atoms with Gasteiger partial charge in [0.15, 0.2) is 0 Å². The zero-order valence-corrected chi connectivity index (χ0v) is 10.6. The Morgan fingerprint density at radius 3 is 2.94 bits per heavy atom. The number of nitrogens with one attached hydrogen (secondary N) is 1. The maximum atomic E-state index is 11.9. The Hall–Kier alpha value is -1.39. The Labute approximate surface area is 105 Å². The molecule has 0 bridgehead atoms. The summed E-state index contributed by atoms with van der Waals surface area (Å²) in [5.41, 5.74) is 5.76. The summed E-state index contributed by atoms with van der Waals surface area (Å²) >= 11 is 1.51. The van der Waals surface area contributed by atoms with Gasteiger partial charge < -0.3 is 11.1 Å². The number of rotatable bonds is 4. The number of thiophene rings is 1. The highest BCUT2D eigenvalue weighted by Gasteiger charge is 2.10. The lowest BCUT2D eigenvalue weighted by Crippen LogP contribution is -2.36. The van der Waals surface area contributed by atoms with E-state index in [0.29, 0.717) is 6.54 Å². The third kappa shape index (κ3) is 2.84. The van der Waals surface area contributed by atoms with Crippen LogP contribution in [0.1, 0.15) is 23.0 Å². The lowest BCUT2D eigenvalue weighted by Gasteiger charge is -2.08. The van der Waals surface area contributed by atoms with Gasteiger partial charge in [0.2, 0.25) is 0 Å². The number of amides is 1. The maximum Gasteiger partial charge on any atom is 0.261 e. The predicted octanol–water partition coefficient (Wildman–Crippen LogP) is 2.37. The summed E-state index contributed by atoms with van der Waals surface area (Å²) in [4.78, 5) is 12.6. The Balaban J connectivity index is 2.08. The van der Waals surface area contributed by atoms with Gasteiger partial charge in [0, 0.05) is 17.3 Å². The van der Waals surface area contributed by atoms with Crippen molar-refractivity contribution in [1.29, 1.82) is 0 Å². The fraction of sp³-hybridized carbons (Fsp3) is 0.308. The number of hydrogen-bond donors (Lipinski definition) is 2. The van der Waals surface area contributed by atoms with E-state index in [4.69, 9.17) is 5.73 Å². The average molecular weight is 248 g/mol. The Morgan fingerprint density at radius 2 is 2.24 bits per heavy atom. The van der Waals surface area contributed by atoms with Crippen molar-refractivity contribution in [2.24, 2.45) is 5.73 Å². The molecule has 0 radical (unpaired) electrons. The number of fused-ring (bicyclic) bond motifs is 1. The summed E-state index contributed by atoms with van der Waals surface area (Å²) < 4.78 is 1.14. The first-order valence-corrected chi connectivity index (χ1v) is 6.54. The Morgan fingerprint density at radius 1 is 1.47 bits per heavy atom. The van der Waals surface area contributed by atoms with Crippen molar-refractivity contribution in [3.8, 4) is 0 Å². The zero-order valence-electron chi connectivity index (χ0n) is 9.77. The summed E-state index contributed by atoms with van der Waals surface area (Å²) in [5, 5.41) is 3.97. The molecule has 4 heteroatoms.